The third-order valence-corrected chi connectivity index (χ3v) is 6.68. The Labute approximate surface area is 202 Å². The lowest BCUT2D eigenvalue weighted by atomic mass is 9.88. The van der Waals surface area contributed by atoms with E-state index in [1.165, 1.54) is 19.2 Å². The molecule has 174 valence electrons. The van der Waals surface area contributed by atoms with E-state index >= 15 is 0 Å². The van der Waals surface area contributed by atoms with E-state index in [2.05, 4.69) is 0 Å². The molecule has 0 radical (unpaired) electrons. The third-order valence-electron chi connectivity index (χ3n) is 6.31. The zero-order valence-electron chi connectivity index (χ0n) is 18.9. The van der Waals surface area contributed by atoms with Crippen molar-refractivity contribution in [1.82, 2.24) is 4.90 Å². The number of carbonyl (C=O) groups is 1. The van der Waals surface area contributed by atoms with Gasteiger partial charge in [-0.15, -0.1) is 0 Å². The molecule has 3 aromatic rings. The van der Waals surface area contributed by atoms with E-state index in [4.69, 9.17) is 26.4 Å². The van der Waals surface area contributed by atoms with Crippen LogP contribution in [0.25, 0.3) is 0 Å². The summed E-state index contributed by atoms with van der Waals surface area (Å²) in [4.78, 5) is 17.4. The molecule has 8 heteroatoms. The Kier molecular flexibility index (Phi) is 5.40. The fourth-order valence-corrected chi connectivity index (χ4v) is 5.27. The van der Waals surface area contributed by atoms with Crippen LogP contribution in [0.2, 0.25) is 0 Å². The molecule has 0 saturated carbocycles. The van der Waals surface area contributed by atoms with Crippen molar-refractivity contribution < 1.29 is 23.4 Å². The smallest absolute Gasteiger partial charge is 0.264 e. The summed E-state index contributed by atoms with van der Waals surface area (Å²) in [7, 11) is 3.10. The van der Waals surface area contributed by atoms with Gasteiger partial charge in [0.05, 0.1) is 25.8 Å². The topological polar surface area (TPSA) is 51.2 Å². The fourth-order valence-electron chi connectivity index (χ4n) is 4.76. The first-order valence-corrected chi connectivity index (χ1v) is 11.2. The largest absolute Gasteiger partial charge is 0.496 e. The molecule has 3 aromatic carbocycles. The average Bonchev–Trinajstić information content (AvgIpc) is 2.84. The van der Waals surface area contributed by atoms with E-state index in [0.29, 0.717) is 34.9 Å². The molecule has 34 heavy (non-hydrogen) atoms. The SMILES string of the molecule is COc1ccccc1C(=O)N1C(=S)N(c2ccc(F)cc2)[C@@]2(C)C[C@@H]1c1cccc(OC)c1O2. The average molecular weight is 479 g/mol. The van der Waals surface area contributed by atoms with Crippen molar-refractivity contribution >= 4 is 28.9 Å². The summed E-state index contributed by atoms with van der Waals surface area (Å²) in [5.41, 5.74) is 0.884. The van der Waals surface area contributed by atoms with Crippen molar-refractivity contribution in [2.24, 2.45) is 0 Å². The zero-order chi connectivity index (χ0) is 24.0. The number of fused-ring (bicyclic) bond motifs is 4. The minimum absolute atomic E-state index is 0.259. The maximum absolute atomic E-state index is 14.0. The van der Waals surface area contributed by atoms with Crippen molar-refractivity contribution in [3.8, 4) is 17.2 Å². The summed E-state index contributed by atoms with van der Waals surface area (Å²) in [6.45, 7) is 1.91. The summed E-state index contributed by atoms with van der Waals surface area (Å²) in [5.74, 6) is 0.904. The highest BCUT2D eigenvalue weighted by Gasteiger charge is 2.54. The second kappa shape index (κ2) is 8.29. The number of benzene rings is 3. The molecule has 2 heterocycles. The lowest BCUT2D eigenvalue weighted by Crippen LogP contribution is -2.67. The van der Waals surface area contributed by atoms with Crippen molar-refractivity contribution in [3.63, 3.8) is 0 Å². The monoisotopic (exact) mass is 478 g/mol. The van der Waals surface area contributed by atoms with Crippen molar-refractivity contribution in [1.29, 1.82) is 0 Å². The molecule has 0 aliphatic carbocycles. The van der Waals surface area contributed by atoms with Crippen LogP contribution in [0.1, 0.15) is 35.3 Å². The van der Waals surface area contributed by atoms with E-state index in [0.717, 1.165) is 5.56 Å². The van der Waals surface area contributed by atoms with Crippen LogP contribution in [0, 0.1) is 5.82 Å². The van der Waals surface area contributed by atoms with Crippen LogP contribution in [-0.2, 0) is 0 Å². The number of rotatable bonds is 4. The molecular formula is C26H23FN2O4S. The lowest BCUT2D eigenvalue weighted by Gasteiger charge is -2.55. The van der Waals surface area contributed by atoms with Crippen LogP contribution in [0.3, 0.4) is 0 Å². The van der Waals surface area contributed by atoms with Crippen LogP contribution in [0.15, 0.2) is 66.7 Å². The predicted molar refractivity (Wildman–Crippen MR) is 130 cm³/mol. The molecular weight excluding hydrogens is 455 g/mol. The van der Waals surface area contributed by atoms with E-state index in [1.807, 2.05) is 25.1 Å². The number of hydrogen-bond acceptors (Lipinski definition) is 5. The Morgan fingerprint density at radius 3 is 2.41 bits per heavy atom. The van der Waals surface area contributed by atoms with E-state index in [1.54, 1.807) is 53.3 Å². The number of anilines is 1. The molecule has 0 unspecified atom stereocenters. The predicted octanol–water partition coefficient (Wildman–Crippen LogP) is 5.33. The van der Waals surface area contributed by atoms with Crippen molar-refractivity contribution in [3.05, 3.63) is 83.7 Å². The van der Waals surface area contributed by atoms with Gasteiger partial charge in [0.2, 0.25) is 0 Å². The number of nitrogens with zero attached hydrogens (tertiary/aromatic N) is 2. The summed E-state index contributed by atoms with van der Waals surface area (Å²) in [5, 5.41) is 0.259. The highest BCUT2D eigenvalue weighted by molar-refractivity contribution is 7.80. The van der Waals surface area contributed by atoms with Gasteiger partial charge >= 0.3 is 0 Å². The van der Waals surface area contributed by atoms with E-state index < -0.39 is 11.8 Å². The lowest BCUT2D eigenvalue weighted by molar-refractivity contribution is 0.0161. The van der Waals surface area contributed by atoms with Gasteiger partial charge in [-0.25, -0.2) is 4.39 Å². The normalized spacial score (nSPS) is 20.9. The first-order chi connectivity index (χ1) is 16.4. The molecule has 5 rings (SSSR count). The number of carbonyl (C=O) groups excluding carboxylic acids is 1. The minimum atomic E-state index is -0.932. The van der Waals surface area contributed by atoms with Gasteiger partial charge < -0.3 is 14.2 Å². The Bertz CT molecular complexity index is 1280. The van der Waals surface area contributed by atoms with Crippen LogP contribution in [0.4, 0.5) is 10.1 Å². The van der Waals surface area contributed by atoms with Gasteiger partial charge in [0, 0.05) is 17.7 Å². The first kappa shape index (κ1) is 22.2. The second-order valence-electron chi connectivity index (χ2n) is 8.35. The molecule has 6 nitrogen and oxygen atoms in total. The molecule has 1 saturated heterocycles. The van der Waals surface area contributed by atoms with Gasteiger partial charge in [0.1, 0.15) is 11.6 Å². The molecule has 0 spiro atoms. The van der Waals surface area contributed by atoms with E-state index in [9.17, 15) is 9.18 Å². The number of para-hydroxylation sites is 2. The highest BCUT2D eigenvalue weighted by atomic mass is 32.1. The first-order valence-electron chi connectivity index (χ1n) is 10.8. The molecule has 2 bridgehead atoms. The number of amides is 1. The van der Waals surface area contributed by atoms with Crippen LogP contribution >= 0.6 is 12.2 Å². The summed E-state index contributed by atoms with van der Waals surface area (Å²) in [6, 6.07) is 18.2. The van der Waals surface area contributed by atoms with Gasteiger partial charge in [0.25, 0.3) is 5.91 Å². The Balaban J connectivity index is 1.71. The number of halogens is 1. The summed E-state index contributed by atoms with van der Waals surface area (Å²) >= 11 is 5.92. The van der Waals surface area contributed by atoms with E-state index in [-0.39, 0.29) is 16.8 Å². The Morgan fingerprint density at radius 1 is 1.03 bits per heavy atom. The van der Waals surface area contributed by atoms with Crippen molar-refractivity contribution in [2.75, 3.05) is 19.1 Å². The van der Waals surface area contributed by atoms with Gasteiger partial charge in [-0.1, -0.05) is 24.3 Å². The third kappa shape index (κ3) is 3.37. The number of methoxy groups -OCH3 is 2. The minimum Gasteiger partial charge on any atom is -0.496 e. The summed E-state index contributed by atoms with van der Waals surface area (Å²) < 4.78 is 31.3. The molecule has 0 N–H and O–H groups in total. The van der Waals surface area contributed by atoms with Gasteiger partial charge in [-0.2, -0.15) is 0 Å². The standard InChI is InChI=1S/C26H23FN2O4S/c1-26-15-20(18-8-6-10-22(32-3)23(18)33-26)28(24(30)19-7-4-5-9-21(19)31-2)25(34)29(26)17-13-11-16(27)12-14-17/h4-14,20H,15H2,1-3H3/t20-,26-/m1/s1. The number of thiocarbonyl (C=S) groups is 1. The Morgan fingerprint density at radius 2 is 1.71 bits per heavy atom. The van der Waals surface area contributed by atoms with Crippen LogP contribution in [0.5, 0.6) is 17.2 Å². The van der Waals surface area contributed by atoms with Crippen LogP contribution in [-0.4, -0.2) is 35.9 Å². The molecule has 1 amide bonds. The van der Waals surface area contributed by atoms with Gasteiger partial charge in [-0.05, 0) is 61.6 Å². The number of hydrogen-bond donors (Lipinski definition) is 0. The van der Waals surface area contributed by atoms with Gasteiger partial charge in [0.15, 0.2) is 22.3 Å². The molecule has 2 aliphatic heterocycles. The number of ether oxygens (including phenoxy) is 3. The maximum Gasteiger partial charge on any atom is 0.264 e. The quantitative estimate of drug-likeness (QED) is 0.473. The molecule has 2 atom stereocenters. The molecule has 0 aromatic heterocycles. The zero-order valence-corrected chi connectivity index (χ0v) is 19.8. The van der Waals surface area contributed by atoms with Crippen molar-refractivity contribution in [2.45, 2.75) is 25.1 Å². The fraction of sp³-hybridized carbons (Fsp3) is 0.231. The second-order valence-corrected chi connectivity index (χ2v) is 8.71. The molecule has 2 aliphatic rings. The maximum atomic E-state index is 14.0. The molecule has 1 fully saturated rings. The summed E-state index contributed by atoms with van der Waals surface area (Å²) in [6.07, 6.45) is 0.436. The van der Waals surface area contributed by atoms with Gasteiger partial charge in [-0.3, -0.25) is 14.6 Å². The van der Waals surface area contributed by atoms with Crippen LogP contribution < -0.4 is 19.1 Å². The Hall–Kier alpha value is -3.65. The highest BCUT2D eigenvalue weighted by Crippen LogP contribution is 2.52.